The monoisotopic (exact) mass is 225 g/mol. The summed E-state index contributed by atoms with van der Waals surface area (Å²) in [6, 6.07) is 0. The number of thioether (sulfide) groups is 1. The Morgan fingerprint density at radius 1 is 1.27 bits per heavy atom. The quantitative estimate of drug-likeness (QED) is 0.741. The summed E-state index contributed by atoms with van der Waals surface area (Å²) in [7, 11) is 0. The number of aromatic nitrogens is 3. The van der Waals surface area contributed by atoms with Crippen LogP contribution >= 0.6 is 11.8 Å². The molecule has 0 unspecified atom stereocenters. The normalized spacial score (nSPS) is 16.5. The fourth-order valence-electron chi connectivity index (χ4n) is 1.81. The molecule has 1 aliphatic rings. The summed E-state index contributed by atoms with van der Waals surface area (Å²) in [5.41, 5.74) is 0. The van der Waals surface area contributed by atoms with Crippen molar-refractivity contribution in [2.45, 2.75) is 51.2 Å². The first-order valence-corrected chi connectivity index (χ1v) is 6.81. The van der Waals surface area contributed by atoms with Gasteiger partial charge in [0, 0.05) is 18.7 Å². The Kier molecular flexibility index (Phi) is 3.67. The maximum absolute atomic E-state index is 4.29. The number of aryl methyl sites for hydroxylation is 1. The van der Waals surface area contributed by atoms with E-state index in [1.165, 1.54) is 25.1 Å². The average Bonchev–Trinajstić information content (AvgIpc) is 2.44. The second kappa shape index (κ2) is 5.01. The highest BCUT2D eigenvalue weighted by Crippen LogP contribution is 2.23. The Bertz CT molecular complexity index is 320. The molecule has 0 amide bonds. The molecule has 0 saturated carbocycles. The van der Waals surface area contributed by atoms with Gasteiger partial charge >= 0.3 is 0 Å². The van der Waals surface area contributed by atoms with Crippen LogP contribution in [0, 0.1) is 5.92 Å². The second-order valence-corrected chi connectivity index (χ2v) is 5.55. The second-order valence-electron chi connectivity index (χ2n) is 4.57. The van der Waals surface area contributed by atoms with Crippen LogP contribution in [-0.4, -0.2) is 20.5 Å². The molecule has 0 spiro atoms. The summed E-state index contributed by atoms with van der Waals surface area (Å²) in [6.45, 7) is 5.60. The highest BCUT2D eigenvalue weighted by molar-refractivity contribution is 7.99. The Balaban J connectivity index is 2.08. The van der Waals surface area contributed by atoms with Crippen molar-refractivity contribution in [3.63, 3.8) is 0 Å². The van der Waals surface area contributed by atoms with Gasteiger partial charge in [-0.05, 0) is 18.8 Å². The van der Waals surface area contributed by atoms with Gasteiger partial charge in [0.2, 0.25) is 0 Å². The van der Waals surface area contributed by atoms with Crippen LogP contribution in [-0.2, 0) is 13.0 Å². The smallest absolute Gasteiger partial charge is 0.191 e. The number of fused-ring (bicyclic) bond motifs is 1. The molecule has 1 aromatic heterocycles. The van der Waals surface area contributed by atoms with E-state index < -0.39 is 0 Å². The van der Waals surface area contributed by atoms with Crippen molar-refractivity contribution >= 4 is 11.8 Å². The predicted octanol–water partition coefficient (Wildman–Crippen LogP) is 2.75. The van der Waals surface area contributed by atoms with Gasteiger partial charge in [0.05, 0.1) is 0 Å². The number of hydrogen-bond acceptors (Lipinski definition) is 3. The summed E-state index contributed by atoms with van der Waals surface area (Å²) in [5.74, 6) is 3.05. The molecular weight excluding hydrogens is 206 g/mol. The molecule has 0 N–H and O–H groups in total. The summed E-state index contributed by atoms with van der Waals surface area (Å²) in [4.78, 5) is 0. The number of rotatable bonds is 3. The van der Waals surface area contributed by atoms with Crippen LogP contribution < -0.4 is 0 Å². The van der Waals surface area contributed by atoms with Gasteiger partial charge in [-0.1, -0.05) is 32.0 Å². The lowest BCUT2D eigenvalue weighted by atomic mass is 10.2. The molecule has 0 aliphatic carbocycles. The minimum Gasteiger partial charge on any atom is -0.306 e. The van der Waals surface area contributed by atoms with Crippen molar-refractivity contribution in [3.8, 4) is 0 Å². The fraction of sp³-hybridized carbons (Fsp3) is 0.818. The van der Waals surface area contributed by atoms with Gasteiger partial charge in [-0.25, -0.2) is 0 Å². The first kappa shape index (κ1) is 11.0. The van der Waals surface area contributed by atoms with E-state index in [1.54, 1.807) is 0 Å². The Hall–Kier alpha value is -0.510. The largest absolute Gasteiger partial charge is 0.306 e. The van der Waals surface area contributed by atoms with Gasteiger partial charge < -0.3 is 4.57 Å². The maximum atomic E-state index is 4.29. The van der Waals surface area contributed by atoms with Crippen molar-refractivity contribution in [1.29, 1.82) is 0 Å². The van der Waals surface area contributed by atoms with Crippen LogP contribution in [0.5, 0.6) is 0 Å². The molecule has 0 bridgehead atoms. The van der Waals surface area contributed by atoms with Crippen molar-refractivity contribution in [1.82, 2.24) is 14.8 Å². The molecule has 0 aromatic carbocycles. The van der Waals surface area contributed by atoms with E-state index in [9.17, 15) is 0 Å². The van der Waals surface area contributed by atoms with E-state index in [1.807, 2.05) is 11.8 Å². The molecule has 1 aliphatic heterocycles. The summed E-state index contributed by atoms with van der Waals surface area (Å²) in [5, 5.41) is 9.70. The minimum atomic E-state index is 0.716. The van der Waals surface area contributed by atoms with Crippen LogP contribution in [0.15, 0.2) is 5.16 Å². The van der Waals surface area contributed by atoms with E-state index in [2.05, 4.69) is 28.6 Å². The third kappa shape index (κ3) is 2.74. The van der Waals surface area contributed by atoms with Gasteiger partial charge in [0.1, 0.15) is 5.82 Å². The van der Waals surface area contributed by atoms with E-state index in [0.29, 0.717) is 5.92 Å². The highest BCUT2D eigenvalue weighted by atomic mass is 32.2. The van der Waals surface area contributed by atoms with Gasteiger partial charge in [-0.3, -0.25) is 0 Å². The van der Waals surface area contributed by atoms with E-state index in [0.717, 1.165) is 23.9 Å². The molecule has 84 valence electrons. The average molecular weight is 225 g/mol. The zero-order chi connectivity index (χ0) is 10.7. The van der Waals surface area contributed by atoms with E-state index in [-0.39, 0.29) is 0 Å². The SMILES string of the molecule is CC(C)CSc1nnc2n1CCCCC2. The minimum absolute atomic E-state index is 0.716. The molecule has 0 radical (unpaired) electrons. The first-order chi connectivity index (χ1) is 7.27. The van der Waals surface area contributed by atoms with Gasteiger partial charge in [-0.2, -0.15) is 0 Å². The molecule has 2 rings (SSSR count). The van der Waals surface area contributed by atoms with Crippen molar-refractivity contribution < 1.29 is 0 Å². The number of hydrogen-bond donors (Lipinski definition) is 0. The lowest BCUT2D eigenvalue weighted by molar-refractivity contribution is 0.590. The third-order valence-corrected chi connectivity index (χ3v) is 4.01. The molecule has 1 aromatic rings. The maximum Gasteiger partial charge on any atom is 0.191 e. The van der Waals surface area contributed by atoms with Gasteiger partial charge in [0.25, 0.3) is 0 Å². The first-order valence-electron chi connectivity index (χ1n) is 5.82. The zero-order valence-electron chi connectivity index (χ0n) is 9.57. The molecular formula is C11H19N3S. The molecule has 4 heteroatoms. The zero-order valence-corrected chi connectivity index (χ0v) is 10.4. The molecule has 0 atom stereocenters. The van der Waals surface area contributed by atoms with Crippen LogP contribution in [0.1, 0.15) is 38.9 Å². The van der Waals surface area contributed by atoms with E-state index in [4.69, 9.17) is 0 Å². The van der Waals surface area contributed by atoms with Crippen LogP contribution in [0.4, 0.5) is 0 Å². The molecule has 2 heterocycles. The lowest BCUT2D eigenvalue weighted by Gasteiger charge is -2.07. The Morgan fingerprint density at radius 2 is 2.13 bits per heavy atom. The topological polar surface area (TPSA) is 30.7 Å². The summed E-state index contributed by atoms with van der Waals surface area (Å²) >= 11 is 1.85. The Morgan fingerprint density at radius 3 is 2.93 bits per heavy atom. The van der Waals surface area contributed by atoms with Gasteiger partial charge in [-0.15, -0.1) is 10.2 Å². The fourth-order valence-corrected chi connectivity index (χ4v) is 2.74. The van der Waals surface area contributed by atoms with Crippen molar-refractivity contribution in [2.24, 2.45) is 5.92 Å². The van der Waals surface area contributed by atoms with Crippen LogP contribution in [0.25, 0.3) is 0 Å². The van der Waals surface area contributed by atoms with Crippen molar-refractivity contribution in [3.05, 3.63) is 5.82 Å². The van der Waals surface area contributed by atoms with Crippen molar-refractivity contribution in [2.75, 3.05) is 5.75 Å². The standard InChI is InChI=1S/C11H19N3S/c1-9(2)8-15-11-13-12-10-6-4-3-5-7-14(10)11/h9H,3-8H2,1-2H3. The molecule has 0 saturated heterocycles. The highest BCUT2D eigenvalue weighted by Gasteiger charge is 2.14. The third-order valence-electron chi connectivity index (χ3n) is 2.62. The van der Waals surface area contributed by atoms with Crippen LogP contribution in [0.3, 0.4) is 0 Å². The Labute approximate surface area is 95.7 Å². The van der Waals surface area contributed by atoms with Crippen LogP contribution in [0.2, 0.25) is 0 Å². The summed E-state index contributed by atoms with van der Waals surface area (Å²) < 4.78 is 2.32. The molecule has 3 nitrogen and oxygen atoms in total. The number of nitrogens with zero attached hydrogens (tertiary/aromatic N) is 3. The van der Waals surface area contributed by atoms with E-state index >= 15 is 0 Å². The molecule has 0 fully saturated rings. The lowest BCUT2D eigenvalue weighted by Crippen LogP contribution is -2.03. The molecule has 15 heavy (non-hydrogen) atoms. The predicted molar refractivity (Wildman–Crippen MR) is 63.1 cm³/mol. The van der Waals surface area contributed by atoms with Gasteiger partial charge in [0.15, 0.2) is 5.16 Å². The summed E-state index contributed by atoms with van der Waals surface area (Å²) in [6.07, 6.45) is 4.99.